The van der Waals surface area contributed by atoms with Crippen molar-refractivity contribution in [2.24, 2.45) is 0 Å². The molecule has 0 spiro atoms. The molecule has 1 atom stereocenters. The Labute approximate surface area is 88.1 Å². The second-order valence-corrected chi connectivity index (χ2v) is 3.52. The number of aliphatic hydroxyl groups is 1. The number of alkyl halides is 3. The molecule has 0 heterocycles. The van der Waals surface area contributed by atoms with Gasteiger partial charge in [-0.05, 0) is 23.8 Å². The highest BCUT2D eigenvalue weighted by molar-refractivity contribution is 6.34. The van der Waals surface area contributed by atoms with Crippen molar-refractivity contribution in [1.29, 1.82) is 0 Å². The Kier molecular flexibility index (Phi) is 3.29. The maximum absolute atomic E-state index is 12.1. The lowest BCUT2D eigenvalue weighted by atomic mass is 10.1. The predicted molar refractivity (Wildman–Crippen MR) is 47.5 cm³/mol. The zero-order chi connectivity index (χ0) is 10.9. The van der Waals surface area contributed by atoms with Crippen LogP contribution in [0.1, 0.15) is 11.7 Å². The summed E-state index contributed by atoms with van der Waals surface area (Å²) in [6.45, 7) is 0. The third kappa shape index (κ3) is 2.77. The molecule has 0 aliphatic rings. The number of hydrogen-bond donors (Lipinski definition) is 1. The number of benzene rings is 1. The van der Waals surface area contributed by atoms with E-state index in [-0.39, 0.29) is 15.6 Å². The summed E-state index contributed by atoms with van der Waals surface area (Å²) in [6, 6.07) is 3.33. The van der Waals surface area contributed by atoms with Crippen LogP contribution in [-0.4, -0.2) is 11.3 Å². The van der Waals surface area contributed by atoms with E-state index in [1.165, 1.54) is 6.07 Å². The summed E-state index contributed by atoms with van der Waals surface area (Å²) in [7, 11) is 0. The van der Waals surface area contributed by atoms with Gasteiger partial charge in [-0.15, -0.1) is 0 Å². The van der Waals surface area contributed by atoms with E-state index in [2.05, 4.69) is 0 Å². The molecule has 14 heavy (non-hydrogen) atoms. The summed E-state index contributed by atoms with van der Waals surface area (Å²) < 4.78 is 36.2. The second-order valence-electron chi connectivity index (χ2n) is 2.65. The van der Waals surface area contributed by atoms with Gasteiger partial charge in [0.05, 0.1) is 0 Å². The average Bonchev–Trinajstić information content (AvgIpc) is 1.99. The molecule has 0 aliphatic heterocycles. The van der Waals surface area contributed by atoms with Crippen LogP contribution in [0.25, 0.3) is 0 Å². The summed E-state index contributed by atoms with van der Waals surface area (Å²) in [6.07, 6.45) is -7.27. The minimum atomic E-state index is -4.71. The second kappa shape index (κ2) is 3.96. The van der Waals surface area contributed by atoms with Crippen molar-refractivity contribution in [3.05, 3.63) is 33.8 Å². The molecule has 1 unspecified atom stereocenters. The van der Waals surface area contributed by atoms with Gasteiger partial charge in [0.15, 0.2) is 6.10 Å². The molecule has 0 aliphatic carbocycles. The fraction of sp³-hybridized carbons (Fsp3) is 0.250. The zero-order valence-electron chi connectivity index (χ0n) is 6.65. The molecule has 1 nitrogen and oxygen atoms in total. The smallest absolute Gasteiger partial charge is 0.379 e. The molecular weight excluding hydrogens is 240 g/mol. The van der Waals surface area contributed by atoms with Gasteiger partial charge < -0.3 is 5.11 Å². The largest absolute Gasteiger partial charge is 0.418 e. The van der Waals surface area contributed by atoms with E-state index in [1.54, 1.807) is 0 Å². The third-order valence-corrected chi connectivity index (χ3v) is 1.95. The first-order chi connectivity index (χ1) is 6.30. The quantitative estimate of drug-likeness (QED) is 0.801. The predicted octanol–water partition coefficient (Wildman–Crippen LogP) is 3.59. The van der Waals surface area contributed by atoms with Gasteiger partial charge in [0.25, 0.3) is 0 Å². The summed E-state index contributed by atoms with van der Waals surface area (Å²) in [5.74, 6) is 0. The minimum absolute atomic E-state index is 0.0517. The van der Waals surface area contributed by atoms with Crippen molar-refractivity contribution in [1.82, 2.24) is 0 Å². The molecule has 0 saturated carbocycles. The van der Waals surface area contributed by atoms with Crippen molar-refractivity contribution in [2.75, 3.05) is 0 Å². The number of aliphatic hydroxyl groups excluding tert-OH is 1. The molecular formula is C8H5Cl2F3O. The molecule has 0 fully saturated rings. The molecule has 1 rings (SSSR count). The van der Waals surface area contributed by atoms with Crippen molar-refractivity contribution >= 4 is 23.2 Å². The summed E-state index contributed by atoms with van der Waals surface area (Å²) in [4.78, 5) is 0. The molecule has 6 heteroatoms. The van der Waals surface area contributed by atoms with Crippen LogP contribution >= 0.6 is 23.2 Å². The van der Waals surface area contributed by atoms with Gasteiger partial charge >= 0.3 is 6.18 Å². The van der Waals surface area contributed by atoms with Gasteiger partial charge in [0.2, 0.25) is 0 Å². The van der Waals surface area contributed by atoms with Crippen LogP contribution in [0.5, 0.6) is 0 Å². The first kappa shape index (κ1) is 11.6. The molecule has 0 aromatic heterocycles. The third-order valence-electron chi connectivity index (χ3n) is 1.51. The van der Waals surface area contributed by atoms with E-state index in [4.69, 9.17) is 28.3 Å². The van der Waals surface area contributed by atoms with E-state index in [0.29, 0.717) is 0 Å². The molecule has 1 aromatic carbocycles. The van der Waals surface area contributed by atoms with Gasteiger partial charge in [-0.3, -0.25) is 0 Å². The van der Waals surface area contributed by atoms with E-state index in [9.17, 15) is 13.2 Å². The summed E-state index contributed by atoms with van der Waals surface area (Å²) >= 11 is 11.0. The Morgan fingerprint density at radius 3 is 1.86 bits per heavy atom. The van der Waals surface area contributed by atoms with Gasteiger partial charge in [-0.25, -0.2) is 0 Å². The van der Waals surface area contributed by atoms with E-state index < -0.39 is 12.3 Å². The van der Waals surface area contributed by atoms with E-state index >= 15 is 0 Å². The maximum Gasteiger partial charge on any atom is 0.418 e. The van der Waals surface area contributed by atoms with Crippen molar-refractivity contribution in [2.45, 2.75) is 12.3 Å². The molecule has 1 N–H and O–H groups in total. The molecule has 0 bridgehead atoms. The van der Waals surface area contributed by atoms with Crippen molar-refractivity contribution < 1.29 is 18.3 Å². The summed E-state index contributed by atoms with van der Waals surface area (Å²) in [5.41, 5.74) is -0.366. The fourth-order valence-electron chi connectivity index (χ4n) is 0.922. The van der Waals surface area contributed by atoms with Gasteiger partial charge in [-0.2, -0.15) is 13.2 Å². The van der Waals surface area contributed by atoms with Crippen LogP contribution in [0.15, 0.2) is 18.2 Å². The molecule has 0 amide bonds. The normalized spacial score (nSPS) is 14.1. The van der Waals surface area contributed by atoms with Crippen molar-refractivity contribution in [3.8, 4) is 0 Å². The standard InChI is InChI=1S/C8H5Cl2F3O/c9-5-1-4(2-6(10)3-5)7(14)8(11,12)13/h1-3,7,14H. The molecule has 1 aromatic rings. The lowest BCUT2D eigenvalue weighted by molar-refractivity contribution is -0.206. The Morgan fingerprint density at radius 1 is 1.07 bits per heavy atom. The van der Waals surface area contributed by atoms with Crippen LogP contribution in [0.2, 0.25) is 10.0 Å². The SMILES string of the molecule is OC(c1cc(Cl)cc(Cl)c1)C(F)(F)F. The highest BCUT2D eigenvalue weighted by Crippen LogP contribution is 2.34. The monoisotopic (exact) mass is 244 g/mol. The topological polar surface area (TPSA) is 20.2 Å². The Bertz CT molecular complexity index is 318. The minimum Gasteiger partial charge on any atom is -0.379 e. The van der Waals surface area contributed by atoms with E-state index in [0.717, 1.165) is 12.1 Å². The Balaban J connectivity index is 3.07. The lowest BCUT2D eigenvalue weighted by Gasteiger charge is -2.15. The number of halogens is 5. The molecule has 78 valence electrons. The van der Waals surface area contributed by atoms with E-state index in [1.807, 2.05) is 0 Å². The number of rotatable bonds is 1. The maximum atomic E-state index is 12.1. The van der Waals surface area contributed by atoms with Crippen LogP contribution in [0.4, 0.5) is 13.2 Å². The molecule has 0 radical (unpaired) electrons. The first-order valence-electron chi connectivity index (χ1n) is 3.51. The van der Waals surface area contributed by atoms with Crippen LogP contribution in [0.3, 0.4) is 0 Å². The average molecular weight is 245 g/mol. The molecule has 0 saturated heterocycles. The van der Waals surface area contributed by atoms with Crippen LogP contribution in [0, 0.1) is 0 Å². The first-order valence-corrected chi connectivity index (χ1v) is 4.27. The van der Waals surface area contributed by atoms with Crippen molar-refractivity contribution in [3.63, 3.8) is 0 Å². The van der Waals surface area contributed by atoms with Crippen LogP contribution < -0.4 is 0 Å². The summed E-state index contributed by atoms with van der Waals surface area (Å²) in [5, 5.41) is 8.97. The highest BCUT2D eigenvalue weighted by atomic mass is 35.5. The zero-order valence-corrected chi connectivity index (χ0v) is 8.16. The fourth-order valence-corrected chi connectivity index (χ4v) is 1.46. The highest BCUT2D eigenvalue weighted by Gasteiger charge is 2.39. The van der Waals surface area contributed by atoms with Crippen LogP contribution in [-0.2, 0) is 0 Å². The Morgan fingerprint density at radius 2 is 1.50 bits per heavy atom. The Hall–Kier alpha value is -0.450. The van der Waals surface area contributed by atoms with Gasteiger partial charge in [-0.1, -0.05) is 23.2 Å². The van der Waals surface area contributed by atoms with Gasteiger partial charge in [0.1, 0.15) is 0 Å². The van der Waals surface area contributed by atoms with Gasteiger partial charge in [0, 0.05) is 10.0 Å². The lowest BCUT2D eigenvalue weighted by Crippen LogP contribution is -2.20. The number of hydrogen-bond acceptors (Lipinski definition) is 1.